The van der Waals surface area contributed by atoms with E-state index in [9.17, 15) is 0 Å². The Morgan fingerprint density at radius 1 is 0.852 bits per heavy atom. The molecule has 0 aliphatic carbocycles. The number of benzene rings is 3. The van der Waals surface area contributed by atoms with E-state index in [0.717, 1.165) is 22.4 Å². The second-order valence-electron chi connectivity index (χ2n) is 6.23. The van der Waals surface area contributed by atoms with E-state index in [1.54, 1.807) is 6.07 Å². The molecule has 5 heteroatoms. The Labute approximate surface area is 162 Å². The van der Waals surface area contributed by atoms with E-state index in [0.29, 0.717) is 16.8 Å². The smallest absolute Gasteiger partial charge is 0.249 e. The van der Waals surface area contributed by atoms with Crippen LogP contribution in [0.3, 0.4) is 0 Å². The lowest BCUT2D eigenvalue weighted by atomic mass is 10.1. The number of aryl methyl sites for hydroxylation is 1. The Morgan fingerprint density at radius 3 is 2.33 bits per heavy atom. The van der Waals surface area contributed by atoms with Gasteiger partial charge in [0.1, 0.15) is 6.04 Å². The molecule has 0 radical (unpaired) electrons. The molecule has 4 aromatic rings. The minimum absolute atomic E-state index is 0.268. The summed E-state index contributed by atoms with van der Waals surface area (Å²) in [5.41, 5.74) is 3.92. The van der Waals surface area contributed by atoms with Gasteiger partial charge in [-0.05, 0) is 36.2 Å². The maximum atomic E-state index is 6.27. The SMILES string of the molecule is Cc1ccccc1N[C@H](c1ccccc1)c1nnc(-c2ccccc2Cl)o1. The normalized spacial score (nSPS) is 11.9. The van der Waals surface area contributed by atoms with Crippen LogP contribution in [0.2, 0.25) is 5.02 Å². The van der Waals surface area contributed by atoms with Gasteiger partial charge in [-0.2, -0.15) is 0 Å². The number of halogens is 1. The molecule has 4 rings (SSSR count). The zero-order chi connectivity index (χ0) is 18.6. The molecule has 27 heavy (non-hydrogen) atoms. The summed E-state index contributed by atoms with van der Waals surface area (Å²) in [5, 5.41) is 12.6. The average molecular weight is 376 g/mol. The summed E-state index contributed by atoms with van der Waals surface area (Å²) in [5.74, 6) is 0.891. The van der Waals surface area contributed by atoms with Gasteiger partial charge in [0.25, 0.3) is 0 Å². The number of aromatic nitrogens is 2. The average Bonchev–Trinajstić information content (AvgIpc) is 3.18. The zero-order valence-electron chi connectivity index (χ0n) is 14.8. The minimum Gasteiger partial charge on any atom is -0.418 e. The molecule has 0 aliphatic heterocycles. The first-order chi connectivity index (χ1) is 13.2. The fourth-order valence-corrected chi connectivity index (χ4v) is 3.13. The van der Waals surface area contributed by atoms with Crippen LogP contribution in [0.15, 0.2) is 83.3 Å². The molecule has 3 aromatic carbocycles. The van der Waals surface area contributed by atoms with Crippen LogP contribution in [0.5, 0.6) is 0 Å². The van der Waals surface area contributed by atoms with Gasteiger partial charge in [0.05, 0.1) is 10.6 Å². The minimum atomic E-state index is -0.268. The Balaban J connectivity index is 1.74. The van der Waals surface area contributed by atoms with E-state index in [-0.39, 0.29) is 6.04 Å². The lowest BCUT2D eigenvalue weighted by Crippen LogP contribution is -2.13. The molecule has 134 valence electrons. The molecule has 0 saturated heterocycles. The van der Waals surface area contributed by atoms with Crippen LogP contribution >= 0.6 is 11.6 Å². The number of nitrogens with zero attached hydrogens (tertiary/aromatic N) is 2. The first-order valence-electron chi connectivity index (χ1n) is 8.68. The number of para-hydroxylation sites is 1. The zero-order valence-corrected chi connectivity index (χ0v) is 15.5. The molecule has 0 amide bonds. The second kappa shape index (κ2) is 7.64. The van der Waals surface area contributed by atoms with Crippen molar-refractivity contribution >= 4 is 17.3 Å². The van der Waals surface area contributed by atoms with Gasteiger partial charge >= 0.3 is 0 Å². The van der Waals surface area contributed by atoms with Crippen molar-refractivity contribution in [3.63, 3.8) is 0 Å². The lowest BCUT2D eigenvalue weighted by Gasteiger charge is -2.18. The third-order valence-electron chi connectivity index (χ3n) is 4.37. The maximum absolute atomic E-state index is 6.27. The molecule has 1 aromatic heterocycles. The molecule has 1 N–H and O–H groups in total. The highest BCUT2D eigenvalue weighted by Crippen LogP contribution is 2.31. The predicted molar refractivity (Wildman–Crippen MR) is 108 cm³/mol. The Hall–Kier alpha value is -3.11. The van der Waals surface area contributed by atoms with Crippen molar-refractivity contribution in [1.82, 2.24) is 10.2 Å². The Kier molecular flexibility index (Phi) is 4.90. The Bertz CT molecular complexity index is 1050. The highest BCUT2D eigenvalue weighted by atomic mass is 35.5. The molecule has 4 nitrogen and oxygen atoms in total. The molecule has 0 unspecified atom stereocenters. The molecule has 0 saturated carbocycles. The van der Waals surface area contributed by atoms with Crippen LogP contribution in [0, 0.1) is 6.92 Å². The van der Waals surface area contributed by atoms with E-state index in [4.69, 9.17) is 16.0 Å². The summed E-state index contributed by atoms with van der Waals surface area (Å²) in [7, 11) is 0. The summed E-state index contributed by atoms with van der Waals surface area (Å²) in [6.45, 7) is 2.06. The van der Waals surface area contributed by atoms with Crippen molar-refractivity contribution in [2.45, 2.75) is 13.0 Å². The molecule has 0 aliphatic rings. The predicted octanol–water partition coefficient (Wildman–Crippen LogP) is 5.90. The number of hydrogen-bond donors (Lipinski definition) is 1. The first kappa shape index (κ1) is 17.3. The van der Waals surface area contributed by atoms with E-state index >= 15 is 0 Å². The van der Waals surface area contributed by atoms with Crippen molar-refractivity contribution in [1.29, 1.82) is 0 Å². The summed E-state index contributed by atoms with van der Waals surface area (Å²) in [6, 6.07) is 25.3. The molecule has 0 bridgehead atoms. The van der Waals surface area contributed by atoms with Crippen molar-refractivity contribution in [2.24, 2.45) is 0 Å². The van der Waals surface area contributed by atoms with Crippen LogP contribution in [-0.4, -0.2) is 10.2 Å². The third-order valence-corrected chi connectivity index (χ3v) is 4.70. The highest BCUT2D eigenvalue weighted by molar-refractivity contribution is 6.33. The number of nitrogens with one attached hydrogen (secondary N) is 1. The van der Waals surface area contributed by atoms with Crippen molar-refractivity contribution in [3.8, 4) is 11.5 Å². The quantitative estimate of drug-likeness (QED) is 0.471. The molecular weight excluding hydrogens is 358 g/mol. The summed E-state index contributed by atoms with van der Waals surface area (Å²) >= 11 is 6.27. The maximum Gasteiger partial charge on any atom is 0.249 e. The first-order valence-corrected chi connectivity index (χ1v) is 9.05. The van der Waals surface area contributed by atoms with E-state index in [1.807, 2.05) is 66.7 Å². The largest absolute Gasteiger partial charge is 0.418 e. The topological polar surface area (TPSA) is 51.0 Å². The van der Waals surface area contributed by atoms with Gasteiger partial charge in [0.2, 0.25) is 11.8 Å². The van der Waals surface area contributed by atoms with Gasteiger partial charge in [0, 0.05) is 5.69 Å². The highest BCUT2D eigenvalue weighted by Gasteiger charge is 2.22. The second-order valence-corrected chi connectivity index (χ2v) is 6.64. The lowest BCUT2D eigenvalue weighted by molar-refractivity contribution is 0.494. The molecule has 0 spiro atoms. The van der Waals surface area contributed by atoms with Gasteiger partial charge in [-0.25, -0.2) is 0 Å². The number of hydrogen-bond acceptors (Lipinski definition) is 4. The van der Waals surface area contributed by atoms with Crippen LogP contribution in [0.25, 0.3) is 11.5 Å². The van der Waals surface area contributed by atoms with Gasteiger partial charge in [-0.1, -0.05) is 72.3 Å². The van der Waals surface area contributed by atoms with Gasteiger partial charge in [-0.3, -0.25) is 0 Å². The van der Waals surface area contributed by atoms with Crippen LogP contribution in [0.1, 0.15) is 23.1 Å². The molecule has 0 fully saturated rings. The van der Waals surface area contributed by atoms with Crippen molar-refractivity contribution < 1.29 is 4.42 Å². The van der Waals surface area contributed by atoms with E-state index in [2.05, 4.69) is 28.5 Å². The Morgan fingerprint density at radius 2 is 1.56 bits per heavy atom. The van der Waals surface area contributed by atoms with Crippen LogP contribution in [0.4, 0.5) is 5.69 Å². The molecule has 1 heterocycles. The van der Waals surface area contributed by atoms with Crippen molar-refractivity contribution in [3.05, 3.63) is 101 Å². The molecular formula is C22H18ClN3O. The fraction of sp³-hybridized carbons (Fsp3) is 0.0909. The molecule has 1 atom stereocenters. The fourth-order valence-electron chi connectivity index (χ4n) is 2.92. The third kappa shape index (κ3) is 3.71. The van der Waals surface area contributed by atoms with Gasteiger partial charge in [0.15, 0.2) is 0 Å². The van der Waals surface area contributed by atoms with Gasteiger partial charge < -0.3 is 9.73 Å². The van der Waals surface area contributed by atoms with E-state index in [1.165, 1.54) is 0 Å². The summed E-state index contributed by atoms with van der Waals surface area (Å²) in [4.78, 5) is 0. The number of rotatable bonds is 5. The van der Waals surface area contributed by atoms with Crippen LogP contribution in [-0.2, 0) is 0 Å². The number of anilines is 1. The standard InChI is InChI=1S/C22H18ClN3O/c1-15-9-5-8-14-19(15)24-20(16-10-3-2-4-11-16)22-26-25-21(27-22)17-12-6-7-13-18(17)23/h2-14,20,24H,1H3/t20-/m1/s1. The van der Waals surface area contributed by atoms with Crippen molar-refractivity contribution in [2.75, 3.05) is 5.32 Å². The summed E-state index contributed by atoms with van der Waals surface area (Å²) < 4.78 is 6.01. The monoisotopic (exact) mass is 375 g/mol. The summed E-state index contributed by atoms with van der Waals surface area (Å²) in [6.07, 6.45) is 0. The van der Waals surface area contributed by atoms with Gasteiger partial charge in [-0.15, -0.1) is 10.2 Å². The van der Waals surface area contributed by atoms with E-state index < -0.39 is 0 Å². The van der Waals surface area contributed by atoms with Crippen LogP contribution < -0.4 is 5.32 Å².